The Morgan fingerprint density at radius 1 is 1.33 bits per heavy atom. The third-order valence-corrected chi connectivity index (χ3v) is 3.99. The molecule has 1 aliphatic rings. The molecule has 1 aromatic rings. The molecule has 0 spiro atoms. The van der Waals surface area contributed by atoms with Crippen molar-refractivity contribution in [2.75, 3.05) is 25.0 Å². The average Bonchev–Trinajstić information content (AvgIpc) is 3.00. The van der Waals surface area contributed by atoms with E-state index in [-0.39, 0.29) is 11.6 Å². The Balaban J connectivity index is 1.92. The van der Waals surface area contributed by atoms with Crippen molar-refractivity contribution in [3.8, 4) is 0 Å². The highest BCUT2D eigenvalue weighted by atomic mass is 19.1. The summed E-state index contributed by atoms with van der Waals surface area (Å²) in [6.45, 7) is 1.75. The number of nitrogens with two attached hydrogens (primary N) is 1. The SMILES string of the molecule is NCCCN(CC(=O)Nc1ccccc1F)C1CCCC1. The molecule has 1 fully saturated rings. The fraction of sp³-hybridized carbons (Fsp3) is 0.562. The van der Waals surface area contributed by atoms with Gasteiger partial charge in [-0.2, -0.15) is 0 Å². The fourth-order valence-corrected chi connectivity index (χ4v) is 2.89. The zero-order valence-corrected chi connectivity index (χ0v) is 12.4. The largest absolute Gasteiger partial charge is 0.330 e. The minimum atomic E-state index is -0.403. The molecule has 1 saturated carbocycles. The first-order valence-corrected chi connectivity index (χ1v) is 7.69. The van der Waals surface area contributed by atoms with Gasteiger partial charge in [-0.3, -0.25) is 9.69 Å². The first kappa shape index (κ1) is 15.9. The highest BCUT2D eigenvalue weighted by molar-refractivity contribution is 5.92. The number of nitrogens with one attached hydrogen (secondary N) is 1. The second-order valence-electron chi connectivity index (χ2n) is 5.58. The number of hydrogen-bond acceptors (Lipinski definition) is 3. The number of carbonyl (C=O) groups is 1. The second kappa shape index (κ2) is 8.10. The van der Waals surface area contributed by atoms with Crippen LogP contribution in [0.2, 0.25) is 0 Å². The normalized spacial score (nSPS) is 15.6. The predicted octanol–water partition coefficient (Wildman–Crippen LogP) is 2.36. The van der Waals surface area contributed by atoms with E-state index >= 15 is 0 Å². The van der Waals surface area contributed by atoms with Crippen LogP contribution in [-0.4, -0.2) is 36.5 Å². The Morgan fingerprint density at radius 3 is 2.71 bits per heavy atom. The Labute approximate surface area is 125 Å². The van der Waals surface area contributed by atoms with Crippen LogP contribution in [-0.2, 0) is 4.79 Å². The number of rotatable bonds is 7. The van der Waals surface area contributed by atoms with Gasteiger partial charge in [0.1, 0.15) is 5.82 Å². The maximum absolute atomic E-state index is 13.5. The van der Waals surface area contributed by atoms with Crippen molar-refractivity contribution in [1.82, 2.24) is 4.90 Å². The lowest BCUT2D eigenvalue weighted by molar-refractivity contribution is -0.117. The van der Waals surface area contributed by atoms with Gasteiger partial charge in [-0.05, 0) is 37.9 Å². The highest BCUT2D eigenvalue weighted by Crippen LogP contribution is 2.23. The highest BCUT2D eigenvalue weighted by Gasteiger charge is 2.24. The number of halogens is 1. The standard InChI is InChI=1S/C16H24FN3O/c17-14-8-3-4-9-15(14)19-16(21)12-20(11-5-10-18)13-6-1-2-7-13/h3-4,8-9,13H,1-2,5-7,10-12,18H2,(H,19,21). The van der Waals surface area contributed by atoms with E-state index in [1.807, 2.05) is 0 Å². The number of nitrogens with zero attached hydrogens (tertiary/aromatic N) is 1. The molecule has 1 amide bonds. The Kier molecular flexibility index (Phi) is 6.14. The lowest BCUT2D eigenvalue weighted by Crippen LogP contribution is -2.40. The van der Waals surface area contributed by atoms with Crippen LogP contribution in [0.25, 0.3) is 0 Å². The van der Waals surface area contributed by atoms with Crippen LogP contribution in [0.4, 0.5) is 10.1 Å². The molecule has 0 unspecified atom stereocenters. The van der Waals surface area contributed by atoms with Crippen molar-refractivity contribution in [2.45, 2.75) is 38.1 Å². The molecule has 0 aromatic heterocycles. The molecule has 0 atom stereocenters. The fourth-order valence-electron chi connectivity index (χ4n) is 2.89. The Bertz CT molecular complexity index is 461. The molecule has 5 heteroatoms. The van der Waals surface area contributed by atoms with Crippen molar-refractivity contribution < 1.29 is 9.18 Å². The van der Waals surface area contributed by atoms with Gasteiger partial charge >= 0.3 is 0 Å². The maximum atomic E-state index is 13.5. The summed E-state index contributed by atoms with van der Waals surface area (Å²) < 4.78 is 13.5. The lowest BCUT2D eigenvalue weighted by Gasteiger charge is -2.28. The smallest absolute Gasteiger partial charge is 0.238 e. The van der Waals surface area contributed by atoms with E-state index in [4.69, 9.17) is 5.73 Å². The van der Waals surface area contributed by atoms with Crippen LogP contribution in [0.1, 0.15) is 32.1 Å². The third-order valence-electron chi connectivity index (χ3n) is 3.99. The summed E-state index contributed by atoms with van der Waals surface area (Å²) in [5.41, 5.74) is 5.82. The van der Waals surface area contributed by atoms with Crippen LogP contribution < -0.4 is 11.1 Å². The molecule has 0 heterocycles. The molecule has 21 heavy (non-hydrogen) atoms. The van der Waals surface area contributed by atoms with E-state index < -0.39 is 5.82 Å². The third kappa shape index (κ3) is 4.79. The number of amides is 1. The molecule has 2 rings (SSSR count). The van der Waals surface area contributed by atoms with Gasteiger partial charge in [0.25, 0.3) is 0 Å². The van der Waals surface area contributed by atoms with E-state index in [9.17, 15) is 9.18 Å². The van der Waals surface area contributed by atoms with Gasteiger partial charge in [0.2, 0.25) is 5.91 Å². The Hall–Kier alpha value is -1.46. The average molecular weight is 293 g/mol. The maximum Gasteiger partial charge on any atom is 0.238 e. The molecule has 116 valence electrons. The van der Waals surface area contributed by atoms with E-state index in [2.05, 4.69) is 10.2 Å². The van der Waals surface area contributed by atoms with E-state index in [1.165, 1.54) is 18.9 Å². The quantitative estimate of drug-likeness (QED) is 0.811. The first-order valence-electron chi connectivity index (χ1n) is 7.69. The van der Waals surface area contributed by atoms with Crippen molar-refractivity contribution in [3.05, 3.63) is 30.1 Å². The van der Waals surface area contributed by atoms with E-state index in [0.29, 0.717) is 19.1 Å². The number of para-hydroxylation sites is 1. The van der Waals surface area contributed by atoms with Gasteiger partial charge in [-0.25, -0.2) is 4.39 Å². The zero-order chi connectivity index (χ0) is 15.1. The van der Waals surface area contributed by atoms with Gasteiger partial charge in [0.15, 0.2) is 0 Å². The summed E-state index contributed by atoms with van der Waals surface area (Å²) in [4.78, 5) is 14.3. The van der Waals surface area contributed by atoms with Crippen LogP contribution in [0.3, 0.4) is 0 Å². The number of carbonyl (C=O) groups excluding carboxylic acids is 1. The molecule has 1 aromatic carbocycles. The molecule has 4 nitrogen and oxygen atoms in total. The minimum absolute atomic E-state index is 0.163. The summed E-state index contributed by atoms with van der Waals surface area (Å²) in [7, 11) is 0. The van der Waals surface area contributed by atoms with Gasteiger partial charge in [-0.15, -0.1) is 0 Å². The second-order valence-corrected chi connectivity index (χ2v) is 5.58. The van der Waals surface area contributed by atoms with Gasteiger partial charge in [-0.1, -0.05) is 25.0 Å². The molecule has 0 saturated heterocycles. The van der Waals surface area contributed by atoms with Gasteiger partial charge in [0, 0.05) is 12.6 Å². The van der Waals surface area contributed by atoms with E-state index in [0.717, 1.165) is 25.8 Å². The molecule has 0 bridgehead atoms. The summed E-state index contributed by atoms with van der Waals surface area (Å²) in [5, 5.41) is 2.65. The number of anilines is 1. The van der Waals surface area contributed by atoms with Gasteiger partial charge < -0.3 is 11.1 Å². The van der Waals surface area contributed by atoms with Gasteiger partial charge in [0.05, 0.1) is 12.2 Å². The molecule has 1 aliphatic carbocycles. The Morgan fingerprint density at radius 2 is 2.05 bits per heavy atom. The predicted molar refractivity (Wildman–Crippen MR) is 82.5 cm³/mol. The van der Waals surface area contributed by atoms with Crippen molar-refractivity contribution in [1.29, 1.82) is 0 Å². The van der Waals surface area contributed by atoms with Crippen LogP contribution >= 0.6 is 0 Å². The first-order chi connectivity index (χ1) is 10.2. The molecular weight excluding hydrogens is 269 g/mol. The van der Waals surface area contributed by atoms with Crippen molar-refractivity contribution in [2.24, 2.45) is 5.73 Å². The monoisotopic (exact) mass is 293 g/mol. The molecular formula is C16H24FN3O. The summed E-state index contributed by atoms with van der Waals surface area (Å²) in [6, 6.07) is 6.70. The number of benzene rings is 1. The minimum Gasteiger partial charge on any atom is -0.330 e. The van der Waals surface area contributed by atoms with Crippen LogP contribution in [0, 0.1) is 5.82 Å². The summed E-state index contributed by atoms with van der Waals surface area (Å²) in [6.07, 6.45) is 5.59. The van der Waals surface area contributed by atoms with Crippen LogP contribution in [0.5, 0.6) is 0 Å². The van der Waals surface area contributed by atoms with Crippen molar-refractivity contribution in [3.63, 3.8) is 0 Å². The zero-order valence-electron chi connectivity index (χ0n) is 12.4. The molecule has 0 radical (unpaired) electrons. The number of hydrogen-bond donors (Lipinski definition) is 2. The summed E-state index contributed by atoms with van der Waals surface area (Å²) in [5.74, 6) is -0.566. The summed E-state index contributed by atoms with van der Waals surface area (Å²) >= 11 is 0. The molecule has 3 N–H and O–H groups in total. The lowest BCUT2D eigenvalue weighted by atomic mass is 10.2. The van der Waals surface area contributed by atoms with Crippen molar-refractivity contribution >= 4 is 11.6 Å². The topological polar surface area (TPSA) is 58.4 Å². The molecule has 0 aliphatic heterocycles. The van der Waals surface area contributed by atoms with Crippen LogP contribution in [0.15, 0.2) is 24.3 Å². The van der Waals surface area contributed by atoms with E-state index in [1.54, 1.807) is 18.2 Å².